The van der Waals surface area contributed by atoms with Crippen molar-refractivity contribution in [3.8, 4) is 5.13 Å². The van der Waals surface area contributed by atoms with Gasteiger partial charge in [0.15, 0.2) is 10.8 Å². The van der Waals surface area contributed by atoms with E-state index in [4.69, 9.17) is 4.74 Å². The smallest absolute Gasteiger partial charge is 0.359 e. The van der Waals surface area contributed by atoms with Crippen molar-refractivity contribution >= 4 is 29.9 Å². The number of nitrogens with zero attached hydrogens (tertiary/aromatic N) is 3. The molecule has 0 bridgehead atoms. The third-order valence-corrected chi connectivity index (χ3v) is 3.41. The van der Waals surface area contributed by atoms with Crippen LogP contribution in [-0.4, -0.2) is 27.1 Å². The number of rotatable bonds is 3. The van der Waals surface area contributed by atoms with E-state index in [2.05, 4.69) is 22.6 Å². The number of esters is 1. The summed E-state index contributed by atoms with van der Waals surface area (Å²) in [4.78, 5) is 19.9. The van der Waals surface area contributed by atoms with Crippen molar-refractivity contribution in [2.75, 3.05) is 6.61 Å². The van der Waals surface area contributed by atoms with Crippen LogP contribution in [0.5, 0.6) is 0 Å². The lowest BCUT2D eigenvalue weighted by atomic mass is 10.5. The number of ether oxygens (including phenoxy) is 1. The van der Waals surface area contributed by atoms with Gasteiger partial charge in [0.25, 0.3) is 0 Å². The van der Waals surface area contributed by atoms with Crippen LogP contribution in [0.15, 0.2) is 16.7 Å². The van der Waals surface area contributed by atoms with Crippen molar-refractivity contribution in [3.63, 3.8) is 0 Å². The summed E-state index contributed by atoms with van der Waals surface area (Å²) in [7, 11) is 0. The van der Waals surface area contributed by atoms with Gasteiger partial charge in [-0.25, -0.2) is 14.8 Å². The van der Waals surface area contributed by atoms with Gasteiger partial charge < -0.3 is 4.74 Å². The minimum atomic E-state index is -0.468. The van der Waals surface area contributed by atoms with E-state index < -0.39 is 5.97 Å². The summed E-state index contributed by atoms with van der Waals surface area (Å²) < 4.78 is 6.54. The Balaban J connectivity index is 2.36. The number of aromatic nitrogens is 3. The molecule has 0 aliphatic carbocycles. The van der Waals surface area contributed by atoms with Crippen molar-refractivity contribution in [3.05, 3.63) is 23.1 Å². The van der Waals surface area contributed by atoms with Gasteiger partial charge in [0.2, 0.25) is 0 Å². The second-order valence-corrected chi connectivity index (χ2v) is 4.54. The van der Waals surface area contributed by atoms with Gasteiger partial charge in [-0.15, -0.1) is 24.0 Å². The largest absolute Gasteiger partial charge is 0.461 e. The van der Waals surface area contributed by atoms with Gasteiger partial charge in [-0.2, -0.15) is 0 Å². The third-order valence-electron chi connectivity index (χ3n) is 2.02. The minimum Gasteiger partial charge on any atom is -0.461 e. The van der Waals surface area contributed by atoms with Gasteiger partial charge in [-0.3, -0.25) is 4.57 Å². The van der Waals surface area contributed by atoms with Crippen LogP contribution in [0.4, 0.5) is 0 Å². The van der Waals surface area contributed by atoms with Gasteiger partial charge in [0, 0.05) is 5.38 Å². The van der Waals surface area contributed by atoms with Crippen LogP contribution < -0.4 is 0 Å². The quantitative estimate of drug-likeness (QED) is 0.685. The zero-order chi connectivity index (χ0) is 12.4. The van der Waals surface area contributed by atoms with Crippen LogP contribution in [0.25, 0.3) is 5.13 Å². The summed E-state index contributed by atoms with van der Waals surface area (Å²) >= 11 is 5.75. The number of aryl methyl sites for hydroxylation is 1. The average Bonchev–Trinajstić information content (AvgIpc) is 2.85. The van der Waals surface area contributed by atoms with Gasteiger partial charge in [-0.05, 0) is 13.8 Å². The topological polar surface area (TPSA) is 57.0 Å². The number of imidazole rings is 1. The monoisotopic (exact) mass is 269 g/mol. The predicted octanol–water partition coefficient (Wildman–Crippen LogP) is 2.10. The van der Waals surface area contributed by atoms with Crippen molar-refractivity contribution in [1.82, 2.24) is 14.5 Å². The second-order valence-electron chi connectivity index (χ2n) is 3.28. The molecule has 2 heterocycles. The molecule has 0 unspecified atom stereocenters. The molecule has 0 N–H and O–H groups in total. The van der Waals surface area contributed by atoms with Crippen LogP contribution in [0, 0.1) is 6.92 Å². The fourth-order valence-corrected chi connectivity index (χ4v) is 2.42. The summed E-state index contributed by atoms with van der Waals surface area (Å²) in [6.45, 7) is 3.97. The Morgan fingerprint density at radius 3 is 3.00 bits per heavy atom. The van der Waals surface area contributed by atoms with Gasteiger partial charge in [0.1, 0.15) is 11.4 Å². The van der Waals surface area contributed by atoms with E-state index in [1.807, 2.05) is 12.3 Å². The summed E-state index contributed by atoms with van der Waals surface area (Å²) in [5, 5.41) is 3.10. The van der Waals surface area contributed by atoms with Gasteiger partial charge >= 0.3 is 5.97 Å². The fraction of sp³-hybridized carbons (Fsp3) is 0.300. The SMILES string of the molecule is CCOC(=O)c1ncn(-c2nc(C)cs2)c1S. The Labute approximate surface area is 108 Å². The Kier molecular flexibility index (Phi) is 3.49. The van der Waals surface area contributed by atoms with E-state index in [9.17, 15) is 4.79 Å². The van der Waals surface area contributed by atoms with Gasteiger partial charge in [0.05, 0.1) is 12.3 Å². The first kappa shape index (κ1) is 12.1. The van der Waals surface area contributed by atoms with Crippen molar-refractivity contribution in [1.29, 1.82) is 0 Å². The van der Waals surface area contributed by atoms with Crippen LogP contribution >= 0.6 is 24.0 Å². The summed E-state index contributed by atoms with van der Waals surface area (Å²) in [6.07, 6.45) is 1.52. The molecular formula is C10H11N3O2S2. The van der Waals surface area contributed by atoms with E-state index in [0.29, 0.717) is 11.6 Å². The van der Waals surface area contributed by atoms with E-state index in [0.717, 1.165) is 10.8 Å². The molecule has 2 aromatic rings. The lowest BCUT2D eigenvalue weighted by Crippen LogP contribution is -2.06. The van der Waals surface area contributed by atoms with Crippen molar-refractivity contribution in [2.45, 2.75) is 18.9 Å². The maximum absolute atomic E-state index is 11.6. The predicted molar refractivity (Wildman–Crippen MR) is 67.2 cm³/mol. The molecule has 0 aromatic carbocycles. The molecule has 0 aliphatic heterocycles. The zero-order valence-corrected chi connectivity index (χ0v) is 11.1. The molecule has 0 amide bonds. The second kappa shape index (κ2) is 4.89. The highest BCUT2D eigenvalue weighted by Gasteiger charge is 2.18. The standard InChI is InChI=1S/C10H11N3O2S2/c1-3-15-9(14)7-8(16)13(5-11-7)10-12-6(2)4-17-10/h4-5,16H,3H2,1-2H3. The molecule has 90 valence electrons. The normalized spacial score (nSPS) is 10.5. The first-order valence-corrected chi connectivity index (χ1v) is 6.32. The molecule has 0 fully saturated rings. The summed E-state index contributed by atoms with van der Waals surface area (Å²) in [5.74, 6) is -0.468. The Bertz CT molecular complexity index is 547. The number of thiazole rings is 1. The van der Waals surface area contributed by atoms with Gasteiger partial charge in [-0.1, -0.05) is 0 Å². The number of hydrogen-bond acceptors (Lipinski definition) is 6. The fourth-order valence-electron chi connectivity index (χ4n) is 1.28. The lowest BCUT2D eigenvalue weighted by Gasteiger charge is -2.01. The number of carbonyl (C=O) groups is 1. The van der Waals surface area contributed by atoms with E-state index >= 15 is 0 Å². The molecule has 17 heavy (non-hydrogen) atoms. The Morgan fingerprint density at radius 1 is 1.65 bits per heavy atom. The van der Waals surface area contributed by atoms with Crippen LogP contribution in [0.1, 0.15) is 23.1 Å². The molecule has 0 spiro atoms. The highest BCUT2D eigenvalue weighted by molar-refractivity contribution is 7.80. The molecule has 2 rings (SSSR count). The average molecular weight is 269 g/mol. The third kappa shape index (κ3) is 2.34. The maximum Gasteiger partial charge on any atom is 0.359 e. The molecule has 2 aromatic heterocycles. The lowest BCUT2D eigenvalue weighted by molar-refractivity contribution is 0.0515. The molecule has 0 radical (unpaired) electrons. The number of thiol groups is 1. The van der Waals surface area contributed by atoms with Crippen molar-refractivity contribution < 1.29 is 9.53 Å². The van der Waals surface area contributed by atoms with E-state index in [-0.39, 0.29) is 5.69 Å². The van der Waals surface area contributed by atoms with E-state index in [1.165, 1.54) is 17.7 Å². The maximum atomic E-state index is 11.6. The Morgan fingerprint density at radius 2 is 2.41 bits per heavy atom. The Hall–Kier alpha value is -1.34. The number of hydrogen-bond donors (Lipinski definition) is 1. The number of carbonyl (C=O) groups excluding carboxylic acids is 1. The van der Waals surface area contributed by atoms with Crippen LogP contribution in [-0.2, 0) is 4.74 Å². The summed E-state index contributed by atoms with van der Waals surface area (Å²) in [5.41, 5.74) is 1.13. The first-order chi connectivity index (χ1) is 8.13. The zero-order valence-electron chi connectivity index (χ0n) is 9.38. The highest BCUT2D eigenvalue weighted by atomic mass is 32.1. The van der Waals surface area contributed by atoms with Crippen LogP contribution in [0.2, 0.25) is 0 Å². The molecule has 0 saturated heterocycles. The van der Waals surface area contributed by atoms with Crippen LogP contribution in [0.3, 0.4) is 0 Å². The molecule has 0 atom stereocenters. The van der Waals surface area contributed by atoms with Crippen molar-refractivity contribution in [2.24, 2.45) is 0 Å². The first-order valence-electron chi connectivity index (χ1n) is 4.99. The minimum absolute atomic E-state index is 0.211. The molecular weight excluding hydrogens is 258 g/mol. The molecule has 0 saturated carbocycles. The van der Waals surface area contributed by atoms with E-state index in [1.54, 1.807) is 11.5 Å². The highest BCUT2D eigenvalue weighted by Crippen LogP contribution is 2.21. The molecule has 0 aliphatic rings. The molecule has 7 heteroatoms. The summed E-state index contributed by atoms with van der Waals surface area (Å²) in [6, 6.07) is 0. The molecule has 5 nitrogen and oxygen atoms in total.